The van der Waals surface area contributed by atoms with Crippen LogP contribution in [0.15, 0.2) is 72.8 Å². The molecule has 4 heteroatoms. The smallest absolute Gasteiger partial charge is 0.335 e. The molecule has 0 aliphatic rings. The van der Waals surface area contributed by atoms with E-state index < -0.39 is 5.97 Å². The first-order valence-electron chi connectivity index (χ1n) is 10.2. The van der Waals surface area contributed by atoms with Gasteiger partial charge in [0, 0.05) is 0 Å². The highest BCUT2D eigenvalue weighted by molar-refractivity contribution is 5.87. The van der Waals surface area contributed by atoms with Crippen LogP contribution in [0.3, 0.4) is 0 Å². The molecule has 0 amide bonds. The fourth-order valence-corrected chi connectivity index (χ4v) is 3.27. The summed E-state index contributed by atoms with van der Waals surface area (Å²) in [6.07, 6.45) is 5.45. The summed E-state index contributed by atoms with van der Waals surface area (Å²) in [5, 5.41) is 17.8. The van der Waals surface area contributed by atoms with Gasteiger partial charge < -0.3 is 9.84 Å². The summed E-state index contributed by atoms with van der Waals surface area (Å²) in [5.41, 5.74) is 4.57. The molecule has 0 spiro atoms. The first-order valence-corrected chi connectivity index (χ1v) is 10.2. The summed E-state index contributed by atoms with van der Waals surface area (Å²) < 4.78 is 5.66. The molecule has 0 radical (unpaired) electrons. The highest BCUT2D eigenvalue weighted by atomic mass is 16.5. The molecular weight excluding hydrogens is 374 g/mol. The van der Waals surface area contributed by atoms with Gasteiger partial charge in [-0.1, -0.05) is 49.2 Å². The lowest BCUT2D eigenvalue weighted by atomic mass is 10.0. The van der Waals surface area contributed by atoms with E-state index in [1.165, 1.54) is 5.56 Å². The van der Waals surface area contributed by atoms with Gasteiger partial charge in [-0.2, -0.15) is 5.26 Å². The second kappa shape index (κ2) is 10.8. The number of benzene rings is 3. The van der Waals surface area contributed by atoms with E-state index in [0.29, 0.717) is 17.9 Å². The summed E-state index contributed by atoms with van der Waals surface area (Å²) >= 11 is 0. The summed E-state index contributed by atoms with van der Waals surface area (Å²) in [7, 11) is 0. The SMILES string of the molecule is N#Cc1ccc(-c2ccc(CCCCCCOc3ccc(C(=O)O)cc3)cc2)cc1. The van der Waals surface area contributed by atoms with Crippen molar-refractivity contribution in [1.29, 1.82) is 5.26 Å². The monoisotopic (exact) mass is 399 g/mol. The lowest BCUT2D eigenvalue weighted by molar-refractivity contribution is 0.0697. The van der Waals surface area contributed by atoms with E-state index in [2.05, 4.69) is 30.3 Å². The van der Waals surface area contributed by atoms with Crippen LogP contribution in [0, 0.1) is 11.3 Å². The first kappa shape index (κ1) is 21.1. The Balaban J connectivity index is 1.32. The molecule has 1 N–H and O–H groups in total. The zero-order chi connectivity index (χ0) is 21.2. The predicted octanol–water partition coefficient (Wildman–Crippen LogP) is 6.11. The lowest BCUT2D eigenvalue weighted by Crippen LogP contribution is -1.99. The van der Waals surface area contributed by atoms with Crippen molar-refractivity contribution >= 4 is 5.97 Å². The molecule has 0 heterocycles. The van der Waals surface area contributed by atoms with E-state index >= 15 is 0 Å². The third-order valence-electron chi connectivity index (χ3n) is 5.03. The van der Waals surface area contributed by atoms with Crippen molar-refractivity contribution in [3.63, 3.8) is 0 Å². The quantitative estimate of drug-likeness (QED) is 0.418. The van der Waals surface area contributed by atoms with Crippen molar-refractivity contribution in [2.75, 3.05) is 6.61 Å². The minimum Gasteiger partial charge on any atom is -0.494 e. The average Bonchev–Trinajstić information content (AvgIpc) is 2.79. The van der Waals surface area contributed by atoms with Crippen molar-refractivity contribution in [3.05, 3.63) is 89.5 Å². The number of ether oxygens (including phenoxy) is 1. The van der Waals surface area contributed by atoms with E-state index in [1.807, 2.05) is 24.3 Å². The van der Waals surface area contributed by atoms with E-state index in [1.54, 1.807) is 24.3 Å². The largest absolute Gasteiger partial charge is 0.494 e. The standard InChI is InChI=1S/C26H25NO3/c27-19-21-8-12-23(13-9-21)22-10-6-20(7-11-22)5-3-1-2-4-18-30-25-16-14-24(15-17-25)26(28)29/h6-17H,1-5,18H2,(H,28,29). The van der Waals surface area contributed by atoms with Crippen molar-refractivity contribution < 1.29 is 14.6 Å². The summed E-state index contributed by atoms with van der Waals surface area (Å²) in [6.45, 7) is 0.645. The molecule has 0 saturated heterocycles. The van der Waals surface area contributed by atoms with Gasteiger partial charge in [-0.3, -0.25) is 0 Å². The highest BCUT2D eigenvalue weighted by Gasteiger charge is 2.02. The maximum Gasteiger partial charge on any atom is 0.335 e. The van der Waals surface area contributed by atoms with Crippen LogP contribution < -0.4 is 4.74 Å². The molecule has 0 aliphatic heterocycles. The third kappa shape index (κ3) is 6.22. The molecule has 0 fully saturated rings. The summed E-state index contributed by atoms with van der Waals surface area (Å²) in [4.78, 5) is 10.8. The van der Waals surface area contributed by atoms with Gasteiger partial charge in [-0.25, -0.2) is 4.79 Å². The molecule has 0 bridgehead atoms. The molecule has 3 rings (SSSR count). The maximum absolute atomic E-state index is 10.8. The summed E-state index contributed by atoms with van der Waals surface area (Å²) in [6, 6.07) is 25.0. The van der Waals surface area contributed by atoms with Crippen molar-refractivity contribution in [2.45, 2.75) is 32.1 Å². The fourth-order valence-electron chi connectivity index (χ4n) is 3.27. The van der Waals surface area contributed by atoms with Gasteiger partial charge in [0.2, 0.25) is 0 Å². The van der Waals surface area contributed by atoms with Gasteiger partial charge in [0.1, 0.15) is 5.75 Å². The number of hydrogen-bond donors (Lipinski definition) is 1. The minimum atomic E-state index is -0.926. The Morgan fingerprint density at radius 3 is 2.00 bits per heavy atom. The van der Waals surface area contributed by atoms with E-state index in [-0.39, 0.29) is 5.56 Å². The van der Waals surface area contributed by atoms with E-state index in [9.17, 15) is 4.79 Å². The zero-order valence-electron chi connectivity index (χ0n) is 16.9. The number of carbonyl (C=O) groups is 1. The van der Waals surface area contributed by atoms with Crippen LogP contribution >= 0.6 is 0 Å². The molecule has 152 valence electrons. The van der Waals surface area contributed by atoms with Gasteiger partial charge in [-0.05, 0) is 72.4 Å². The Hall–Kier alpha value is -3.58. The molecule has 0 saturated carbocycles. The van der Waals surface area contributed by atoms with Gasteiger partial charge in [-0.15, -0.1) is 0 Å². The van der Waals surface area contributed by atoms with Crippen LogP contribution in [0.2, 0.25) is 0 Å². The Morgan fingerprint density at radius 1 is 0.800 bits per heavy atom. The number of carboxylic acids is 1. The van der Waals surface area contributed by atoms with Crippen LogP contribution in [-0.2, 0) is 6.42 Å². The van der Waals surface area contributed by atoms with Crippen molar-refractivity contribution in [1.82, 2.24) is 0 Å². The molecule has 0 unspecified atom stereocenters. The molecule has 3 aromatic carbocycles. The van der Waals surface area contributed by atoms with Crippen molar-refractivity contribution in [2.24, 2.45) is 0 Å². The Labute approximate surface area is 177 Å². The van der Waals surface area contributed by atoms with Crippen LogP contribution in [0.4, 0.5) is 0 Å². The van der Waals surface area contributed by atoms with Crippen LogP contribution in [-0.4, -0.2) is 17.7 Å². The van der Waals surface area contributed by atoms with Gasteiger partial charge in [0.25, 0.3) is 0 Å². The van der Waals surface area contributed by atoms with Crippen LogP contribution in [0.25, 0.3) is 11.1 Å². The van der Waals surface area contributed by atoms with Crippen molar-refractivity contribution in [3.8, 4) is 22.9 Å². The van der Waals surface area contributed by atoms with Gasteiger partial charge in [0.05, 0.1) is 23.8 Å². The Kier molecular flexibility index (Phi) is 7.63. The molecule has 0 aromatic heterocycles. The van der Waals surface area contributed by atoms with Gasteiger partial charge in [0.15, 0.2) is 0 Å². The second-order valence-corrected chi connectivity index (χ2v) is 7.23. The number of aryl methyl sites for hydroxylation is 1. The number of aromatic carboxylic acids is 1. The molecule has 30 heavy (non-hydrogen) atoms. The molecular formula is C26H25NO3. The Bertz CT molecular complexity index is 984. The highest BCUT2D eigenvalue weighted by Crippen LogP contribution is 2.21. The number of nitrogens with zero attached hydrogens (tertiary/aromatic N) is 1. The zero-order valence-corrected chi connectivity index (χ0v) is 16.9. The number of nitriles is 1. The molecule has 0 atom stereocenters. The molecule has 4 nitrogen and oxygen atoms in total. The normalized spacial score (nSPS) is 10.4. The second-order valence-electron chi connectivity index (χ2n) is 7.23. The number of hydrogen-bond acceptors (Lipinski definition) is 3. The molecule has 3 aromatic rings. The number of unbranched alkanes of at least 4 members (excludes halogenated alkanes) is 3. The maximum atomic E-state index is 10.8. The minimum absolute atomic E-state index is 0.271. The first-order chi connectivity index (χ1) is 14.7. The van der Waals surface area contributed by atoms with Crippen LogP contribution in [0.5, 0.6) is 5.75 Å². The fraction of sp³-hybridized carbons (Fsp3) is 0.231. The lowest BCUT2D eigenvalue weighted by Gasteiger charge is -2.07. The average molecular weight is 399 g/mol. The topological polar surface area (TPSA) is 70.3 Å². The van der Waals surface area contributed by atoms with Crippen LogP contribution in [0.1, 0.15) is 47.2 Å². The Morgan fingerprint density at radius 2 is 1.40 bits per heavy atom. The number of carboxylic acid groups (broad SMARTS) is 1. The van der Waals surface area contributed by atoms with Gasteiger partial charge >= 0.3 is 5.97 Å². The number of rotatable bonds is 10. The summed E-state index contributed by atoms with van der Waals surface area (Å²) in [5.74, 6) is -0.215. The third-order valence-corrected chi connectivity index (χ3v) is 5.03. The molecule has 0 aliphatic carbocycles. The van der Waals surface area contributed by atoms with E-state index in [0.717, 1.165) is 43.2 Å². The van der Waals surface area contributed by atoms with E-state index in [4.69, 9.17) is 15.1 Å². The predicted molar refractivity (Wildman–Crippen MR) is 118 cm³/mol.